The lowest BCUT2D eigenvalue weighted by atomic mass is 9.78. The predicted molar refractivity (Wildman–Crippen MR) is 94.9 cm³/mol. The van der Waals surface area contributed by atoms with Gasteiger partial charge in [0, 0.05) is 15.1 Å². The molecule has 0 aliphatic heterocycles. The van der Waals surface area contributed by atoms with Crippen molar-refractivity contribution in [1.82, 2.24) is 0 Å². The Bertz CT molecular complexity index is 597. The van der Waals surface area contributed by atoms with Crippen LogP contribution < -0.4 is 14.9 Å². The molecule has 0 spiro atoms. The molecule has 0 aromatic carbocycles. The van der Waals surface area contributed by atoms with E-state index < -0.39 is 14.2 Å². The van der Waals surface area contributed by atoms with Crippen LogP contribution in [0.4, 0.5) is 0 Å². The lowest BCUT2D eigenvalue weighted by molar-refractivity contribution is 0.426. The quantitative estimate of drug-likeness (QED) is 0.699. The summed E-state index contributed by atoms with van der Waals surface area (Å²) in [6, 6.07) is 3.64. The molecule has 8 heteroatoms. The zero-order valence-corrected chi connectivity index (χ0v) is 14.7. The first kappa shape index (κ1) is 17.6. The summed E-state index contributed by atoms with van der Waals surface area (Å²) in [5, 5.41) is 31.7. The maximum Gasteiger partial charge on any atom is 0.561 e. The third-order valence-electron chi connectivity index (χ3n) is 3.37. The summed E-state index contributed by atoms with van der Waals surface area (Å²) in [5.74, 6) is 0.465. The molecule has 2 heterocycles. The molecule has 4 nitrogen and oxygen atoms in total. The average Bonchev–Trinajstić information content (AvgIpc) is 3.04. The van der Waals surface area contributed by atoms with Crippen molar-refractivity contribution in [3.05, 3.63) is 28.0 Å². The van der Waals surface area contributed by atoms with E-state index in [1.807, 2.05) is 25.3 Å². The van der Waals surface area contributed by atoms with Crippen LogP contribution in [0, 0.1) is 0 Å². The van der Waals surface area contributed by atoms with E-state index in [-0.39, 0.29) is 5.92 Å². The second-order valence-electron chi connectivity index (χ2n) is 5.78. The third kappa shape index (κ3) is 3.75. The zero-order valence-electron chi connectivity index (χ0n) is 13.1. The van der Waals surface area contributed by atoms with Crippen LogP contribution in [-0.2, 0) is 0 Å². The maximum atomic E-state index is 10.3. The van der Waals surface area contributed by atoms with E-state index in [1.165, 1.54) is 0 Å². The molecular weight excluding hydrogens is 318 g/mol. The van der Waals surface area contributed by atoms with Gasteiger partial charge in [-0.1, -0.05) is 33.8 Å². The summed E-state index contributed by atoms with van der Waals surface area (Å²) in [4.78, 5) is 1.09. The van der Waals surface area contributed by atoms with Gasteiger partial charge in [-0.25, -0.2) is 0 Å². The Morgan fingerprint density at radius 2 is 1.77 bits per heavy atom. The third-order valence-corrected chi connectivity index (χ3v) is 5.69. The molecule has 118 valence electrons. The molecule has 0 atom stereocenters. The lowest BCUT2D eigenvalue weighted by Crippen LogP contribution is -2.37. The highest BCUT2D eigenvalue weighted by atomic mass is 32.1. The number of rotatable bonds is 6. The molecule has 0 radical (unpaired) electrons. The first-order valence-electron chi connectivity index (χ1n) is 7.23. The Hall–Kier alpha value is -0.790. The van der Waals surface area contributed by atoms with Crippen LogP contribution >= 0.6 is 22.7 Å². The van der Waals surface area contributed by atoms with Crippen LogP contribution in [-0.4, -0.2) is 29.3 Å². The molecule has 3 N–H and O–H groups in total. The van der Waals surface area contributed by atoms with Crippen molar-refractivity contribution in [3.63, 3.8) is 0 Å². The van der Waals surface area contributed by atoms with E-state index in [2.05, 4.69) is 13.8 Å². The van der Waals surface area contributed by atoms with Gasteiger partial charge in [0.1, 0.15) is 0 Å². The van der Waals surface area contributed by atoms with E-state index >= 15 is 0 Å². The van der Waals surface area contributed by atoms with Crippen molar-refractivity contribution < 1.29 is 19.7 Å². The molecule has 0 aliphatic carbocycles. The molecule has 0 saturated heterocycles. The first-order chi connectivity index (χ1) is 10.3. The van der Waals surface area contributed by atoms with Gasteiger partial charge in [-0.15, -0.1) is 22.7 Å². The minimum absolute atomic E-state index is 0.148. The van der Waals surface area contributed by atoms with Crippen LogP contribution in [0.15, 0.2) is 17.5 Å². The topological polar surface area (TPSA) is 69.9 Å². The first-order valence-corrected chi connectivity index (χ1v) is 8.92. The van der Waals surface area contributed by atoms with Gasteiger partial charge in [0.25, 0.3) is 0 Å². The van der Waals surface area contributed by atoms with Crippen molar-refractivity contribution in [1.29, 1.82) is 0 Å². The number of hydrogen-bond donors (Lipinski definition) is 3. The average molecular weight is 338 g/mol. The molecule has 0 fully saturated rings. The van der Waals surface area contributed by atoms with E-state index in [9.17, 15) is 15.1 Å². The minimum atomic E-state index is -1.52. The SMILES string of the molecule is CC(C)c1cc(OB(O)c2ccsc2C(C)C)sc1B(O)O. The van der Waals surface area contributed by atoms with E-state index in [4.69, 9.17) is 4.65 Å². The Labute approximate surface area is 139 Å². The van der Waals surface area contributed by atoms with Gasteiger partial charge in [-0.2, -0.15) is 0 Å². The summed E-state index contributed by atoms with van der Waals surface area (Å²) >= 11 is 2.76. The van der Waals surface area contributed by atoms with Crippen molar-refractivity contribution in [2.45, 2.75) is 39.5 Å². The van der Waals surface area contributed by atoms with Crippen molar-refractivity contribution in [2.24, 2.45) is 0 Å². The molecule has 0 unspecified atom stereocenters. The molecular formula is C14H20B2O4S2. The van der Waals surface area contributed by atoms with E-state index in [0.29, 0.717) is 15.8 Å². The molecule has 2 aromatic rings. The summed E-state index contributed by atoms with van der Waals surface area (Å²) in [5.41, 5.74) is 1.60. The van der Waals surface area contributed by atoms with Crippen molar-refractivity contribution >= 4 is 47.1 Å². The van der Waals surface area contributed by atoms with Crippen LogP contribution in [0.3, 0.4) is 0 Å². The molecule has 22 heavy (non-hydrogen) atoms. The van der Waals surface area contributed by atoms with Gasteiger partial charge in [0.05, 0.1) is 0 Å². The number of thiophene rings is 2. The van der Waals surface area contributed by atoms with E-state index in [0.717, 1.165) is 27.2 Å². The standard InChI is InChI=1S/C14H20B2O4S2/c1-8(2)10-7-12(22-14(10)15(17)18)20-16(19)11-5-6-21-13(11)9(3)4/h5-9,17-19H,1-4H3. The summed E-state index contributed by atoms with van der Waals surface area (Å²) < 4.78 is 6.09. The van der Waals surface area contributed by atoms with Crippen LogP contribution in [0.5, 0.6) is 5.06 Å². The molecule has 0 bridgehead atoms. The molecule has 0 amide bonds. The highest BCUT2D eigenvalue weighted by molar-refractivity contribution is 7.24. The van der Waals surface area contributed by atoms with Crippen molar-refractivity contribution in [3.8, 4) is 5.06 Å². The molecule has 2 aromatic heterocycles. The summed E-state index contributed by atoms with van der Waals surface area (Å²) in [7, 11) is -2.57. The second-order valence-corrected chi connectivity index (χ2v) is 7.77. The fraction of sp³-hybridized carbons (Fsp3) is 0.429. The molecule has 0 saturated carbocycles. The Morgan fingerprint density at radius 1 is 1.09 bits per heavy atom. The highest BCUT2D eigenvalue weighted by Gasteiger charge is 2.28. The number of hydrogen-bond acceptors (Lipinski definition) is 6. The van der Waals surface area contributed by atoms with Gasteiger partial charge >= 0.3 is 14.2 Å². The molecule has 0 aliphatic rings. The molecule has 2 rings (SSSR count). The van der Waals surface area contributed by atoms with Crippen LogP contribution in [0.1, 0.15) is 50.0 Å². The van der Waals surface area contributed by atoms with Gasteiger partial charge in [-0.3, -0.25) is 0 Å². The lowest BCUT2D eigenvalue weighted by Gasteiger charge is -2.10. The van der Waals surface area contributed by atoms with Crippen LogP contribution in [0.25, 0.3) is 0 Å². The summed E-state index contributed by atoms with van der Waals surface area (Å²) in [6.45, 7) is 8.10. The highest BCUT2D eigenvalue weighted by Crippen LogP contribution is 2.27. The summed E-state index contributed by atoms with van der Waals surface area (Å²) in [6.07, 6.45) is 0. The van der Waals surface area contributed by atoms with Crippen LogP contribution in [0.2, 0.25) is 0 Å². The van der Waals surface area contributed by atoms with Gasteiger partial charge in [0.2, 0.25) is 0 Å². The fourth-order valence-electron chi connectivity index (χ4n) is 2.28. The van der Waals surface area contributed by atoms with Crippen molar-refractivity contribution in [2.75, 3.05) is 0 Å². The smallest absolute Gasteiger partial charge is 0.525 e. The van der Waals surface area contributed by atoms with Gasteiger partial charge in [-0.05, 0) is 28.8 Å². The normalized spacial score (nSPS) is 11.3. The Morgan fingerprint density at radius 3 is 2.27 bits per heavy atom. The Kier molecular flexibility index (Phi) is 5.74. The second kappa shape index (κ2) is 7.19. The minimum Gasteiger partial charge on any atom is -0.525 e. The monoisotopic (exact) mass is 338 g/mol. The maximum absolute atomic E-state index is 10.3. The van der Waals surface area contributed by atoms with Gasteiger partial charge < -0.3 is 19.7 Å². The predicted octanol–water partition coefficient (Wildman–Crippen LogP) is 1.50. The van der Waals surface area contributed by atoms with Gasteiger partial charge in [0.15, 0.2) is 5.06 Å². The zero-order chi connectivity index (χ0) is 16.4. The fourth-order valence-corrected chi connectivity index (χ4v) is 4.28. The Balaban J connectivity index is 2.23. The largest absolute Gasteiger partial charge is 0.561 e. The van der Waals surface area contributed by atoms with E-state index in [1.54, 1.807) is 17.4 Å².